The zero-order chi connectivity index (χ0) is 15.5. The van der Waals surface area contributed by atoms with Crippen LogP contribution in [0.15, 0.2) is 47.6 Å². The van der Waals surface area contributed by atoms with Crippen LogP contribution in [0.2, 0.25) is 0 Å². The Hall–Kier alpha value is -3.09. The summed E-state index contributed by atoms with van der Waals surface area (Å²) in [5.74, 6) is 1.39. The largest absolute Gasteiger partial charge is 0.454 e. The molecule has 0 unspecified atom stereocenters. The zero-order valence-electron chi connectivity index (χ0n) is 11.8. The average molecular weight is 299 g/mol. The molecule has 0 aromatic heterocycles. The molecule has 0 fully saturated rings. The number of anilines is 1. The number of hydrogen-bond acceptors (Lipinski definition) is 6. The number of benzene rings is 2. The minimum Gasteiger partial charge on any atom is -0.454 e. The van der Waals surface area contributed by atoms with Crippen LogP contribution in [-0.2, 0) is 0 Å². The van der Waals surface area contributed by atoms with Crippen LogP contribution in [0.3, 0.4) is 0 Å². The molecule has 0 bridgehead atoms. The number of nitrogens with one attached hydrogen (secondary N) is 1. The van der Waals surface area contributed by atoms with E-state index >= 15 is 0 Å². The molecule has 0 atom stereocenters. The van der Waals surface area contributed by atoms with Crippen molar-refractivity contribution in [1.29, 1.82) is 0 Å². The lowest BCUT2D eigenvalue weighted by Crippen LogP contribution is -2.00. The number of ether oxygens (including phenoxy) is 2. The number of rotatable bonds is 4. The third-order valence-electron chi connectivity index (χ3n) is 3.20. The highest BCUT2D eigenvalue weighted by Crippen LogP contribution is 2.32. The van der Waals surface area contributed by atoms with Crippen LogP contribution in [0.4, 0.5) is 11.4 Å². The molecule has 1 heterocycles. The van der Waals surface area contributed by atoms with Gasteiger partial charge in [0.2, 0.25) is 6.79 Å². The summed E-state index contributed by atoms with van der Waals surface area (Å²) in [6.07, 6.45) is 0. The molecule has 2 aromatic rings. The summed E-state index contributed by atoms with van der Waals surface area (Å²) >= 11 is 0. The van der Waals surface area contributed by atoms with Crippen LogP contribution in [0, 0.1) is 10.1 Å². The highest BCUT2D eigenvalue weighted by Gasteiger charge is 2.14. The molecule has 7 heteroatoms. The minimum absolute atomic E-state index is 0.0148. The van der Waals surface area contributed by atoms with E-state index in [4.69, 9.17) is 9.47 Å². The van der Waals surface area contributed by atoms with Gasteiger partial charge in [-0.15, -0.1) is 0 Å². The molecule has 0 saturated carbocycles. The first-order chi connectivity index (χ1) is 10.6. The minimum atomic E-state index is -0.445. The molecule has 22 heavy (non-hydrogen) atoms. The van der Waals surface area contributed by atoms with Crippen molar-refractivity contribution in [3.63, 3.8) is 0 Å². The van der Waals surface area contributed by atoms with Crippen molar-refractivity contribution in [2.75, 3.05) is 12.2 Å². The summed E-state index contributed by atoms with van der Waals surface area (Å²) in [4.78, 5) is 10.3. The van der Waals surface area contributed by atoms with Crippen molar-refractivity contribution >= 4 is 17.1 Å². The van der Waals surface area contributed by atoms with Gasteiger partial charge in [-0.3, -0.25) is 15.5 Å². The van der Waals surface area contributed by atoms with E-state index in [-0.39, 0.29) is 12.5 Å². The number of nitro groups is 1. The first-order valence-corrected chi connectivity index (χ1v) is 6.58. The zero-order valence-corrected chi connectivity index (χ0v) is 11.8. The Morgan fingerprint density at radius 3 is 2.86 bits per heavy atom. The number of hydrogen-bond donors (Lipinski definition) is 1. The van der Waals surface area contributed by atoms with Crippen LogP contribution in [0.1, 0.15) is 12.5 Å². The number of fused-ring (bicyclic) bond motifs is 1. The predicted octanol–water partition coefficient (Wildman–Crippen LogP) is 3.16. The molecule has 0 amide bonds. The van der Waals surface area contributed by atoms with Crippen LogP contribution in [0.5, 0.6) is 11.5 Å². The molecule has 1 aliphatic heterocycles. The second-order valence-electron chi connectivity index (χ2n) is 4.68. The smallest absolute Gasteiger partial charge is 0.271 e. The first-order valence-electron chi connectivity index (χ1n) is 6.58. The van der Waals surface area contributed by atoms with Crippen LogP contribution in [0.25, 0.3) is 0 Å². The van der Waals surface area contributed by atoms with Gasteiger partial charge in [-0.1, -0.05) is 6.07 Å². The molecule has 0 saturated heterocycles. The third kappa shape index (κ3) is 2.83. The SMILES string of the molecule is C/C(=N/Nc1cccc([N+](=O)[O-])c1)c1ccc2c(c1)OCO2. The van der Waals surface area contributed by atoms with Crippen molar-refractivity contribution in [3.05, 3.63) is 58.1 Å². The Morgan fingerprint density at radius 2 is 2.05 bits per heavy atom. The fourth-order valence-electron chi connectivity index (χ4n) is 2.02. The summed E-state index contributed by atoms with van der Waals surface area (Å²) in [7, 11) is 0. The van der Waals surface area contributed by atoms with Gasteiger partial charge < -0.3 is 9.47 Å². The van der Waals surface area contributed by atoms with Crippen molar-refractivity contribution < 1.29 is 14.4 Å². The van der Waals surface area contributed by atoms with Gasteiger partial charge in [-0.2, -0.15) is 5.10 Å². The van der Waals surface area contributed by atoms with Gasteiger partial charge in [0.25, 0.3) is 5.69 Å². The highest BCUT2D eigenvalue weighted by atomic mass is 16.7. The Bertz CT molecular complexity index is 758. The second-order valence-corrected chi connectivity index (χ2v) is 4.68. The van der Waals surface area contributed by atoms with E-state index < -0.39 is 4.92 Å². The Labute approximate surface area is 126 Å². The van der Waals surface area contributed by atoms with Gasteiger partial charge in [-0.25, -0.2) is 0 Å². The van der Waals surface area contributed by atoms with E-state index in [0.717, 1.165) is 11.3 Å². The van der Waals surface area contributed by atoms with Gasteiger partial charge >= 0.3 is 0 Å². The van der Waals surface area contributed by atoms with E-state index in [2.05, 4.69) is 10.5 Å². The van der Waals surface area contributed by atoms with Crippen LogP contribution < -0.4 is 14.9 Å². The molecule has 0 radical (unpaired) electrons. The van der Waals surface area contributed by atoms with E-state index in [0.29, 0.717) is 17.2 Å². The second kappa shape index (κ2) is 5.72. The number of hydrazone groups is 1. The monoisotopic (exact) mass is 299 g/mol. The summed E-state index contributed by atoms with van der Waals surface area (Å²) in [6, 6.07) is 11.7. The van der Waals surface area contributed by atoms with Gasteiger partial charge in [-0.05, 0) is 31.2 Å². The summed E-state index contributed by atoms with van der Waals surface area (Å²) in [6.45, 7) is 2.06. The first kappa shape index (κ1) is 13.9. The molecule has 1 N–H and O–H groups in total. The average Bonchev–Trinajstić information content (AvgIpc) is 3.00. The normalized spacial score (nSPS) is 13.0. The summed E-state index contributed by atoms with van der Waals surface area (Å²) < 4.78 is 10.6. The quantitative estimate of drug-likeness (QED) is 0.532. The van der Waals surface area contributed by atoms with Crippen molar-refractivity contribution in [1.82, 2.24) is 0 Å². The molecule has 7 nitrogen and oxygen atoms in total. The van der Waals surface area contributed by atoms with Gasteiger partial charge in [0, 0.05) is 17.7 Å². The van der Waals surface area contributed by atoms with E-state index in [1.165, 1.54) is 12.1 Å². The van der Waals surface area contributed by atoms with Crippen LogP contribution >= 0.6 is 0 Å². The van der Waals surface area contributed by atoms with Gasteiger partial charge in [0.1, 0.15) is 0 Å². The predicted molar refractivity (Wildman–Crippen MR) is 81.5 cm³/mol. The lowest BCUT2D eigenvalue weighted by Gasteiger charge is -2.05. The van der Waals surface area contributed by atoms with Gasteiger partial charge in [0.15, 0.2) is 11.5 Å². The summed E-state index contributed by atoms with van der Waals surface area (Å²) in [5.41, 5.74) is 4.99. The number of nitrogens with zero attached hydrogens (tertiary/aromatic N) is 2. The molecule has 3 rings (SSSR count). The number of non-ortho nitro benzene ring substituents is 1. The Balaban J connectivity index is 1.77. The maximum atomic E-state index is 10.7. The van der Waals surface area contributed by atoms with E-state index in [9.17, 15) is 10.1 Å². The van der Waals surface area contributed by atoms with Crippen molar-refractivity contribution in [2.24, 2.45) is 5.10 Å². The summed E-state index contributed by atoms with van der Waals surface area (Å²) in [5, 5.41) is 15.0. The van der Waals surface area contributed by atoms with E-state index in [1.807, 2.05) is 25.1 Å². The van der Waals surface area contributed by atoms with E-state index in [1.54, 1.807) is 12.1 Å². The van der Waals surface area contributed by atoms with Crippen LogP contribution in [-0.4, -0.2) is 17.4 Å². The molecular formula is C15H13N3O4. The topological polar surface area (TPSA) is 86.0 Å². The maximum Gasteiger partial charge on any atom is 0.271 e. The third-order valence-corrected chi connectivity index (χ3v) is 3.20. The maximum absolute atomic E-state index is 10.7. The number of nitro benzene ring substituents is 1. The molecular weight excluding hydrogens is 286 g/mol. The van der Waals surface area contributed by atoms with Gasteiger partial charge in [0.05, 0.1) is 16.3 Å². The molecule has 0 aliphatic carbocycles. The lowest BCUT2D eigenvalue weighted by molar-refractivity contribution is -0.384. The Morgan fingerprint density at radius 1 is 1.23 bits per heavy atom. The molecule has 1 aliphatic rings. The Kier molecular flexibility index (Phi) is 3.61. The fraction of sp³-hybridized carbons (Fsp3) is 0.133. The standard InChI is InChI=1S/C15H13N3O4/c1-10(11-5-6-14-15(7-11)22-9-21-14)16-17-12-3-2-4-13(8-12)18(19)20/h2-8,17H,9H2,1H3/b16-10-. The highest BCUT2D eigenvalue weighted by molar-refractivity contribution is 5.99. The molecule has 0 spiro atoms. The molecule has 112 valence electrons. The fourth-order valence-corrected chi connectivity index (χ4v) is 2.02. The van der Waals surface area contributed by atoms with Crippen molar-refractivity contribution in [3.8, 4) is 11.5 Å². The lowest BCUT2D eigenvalue weighted by atomic mass is 10.1. The molecule has 2 aromatic carbocycles. The van der Waals surface area contributed by atoms with Crippen molar-refractivity contribution in [2.45, 2.75) is 6.92 Å².